The van der Waals surface area contributed by atoms with Gasteiger partial charge in [-0.3, -0.25) is 0 Å². The van der Waals surface area contributed by atoms with E-state index in [-0.39, 0.29) is 12.1 Å². The van der Waals surface area contributed by atoms with Gasteiger partial charge in [-0.05, 0) is 20.3 Å². The first-order valence-electron chi connectivity index (χ1n) is 5.87. The van der Waals surface area contributed by atoms with Gasteiger partial charge in [-0.25, -0.2) is 4.79 Å². The monoisotopic (exact) mass is 230 g/mol. The van der Waals surface area contributed by atoms with Gasteiger partial charge in [0.2, 0.25) is 0 Å². The molecule has 0 saturated carbocycles. The van der Waals surface area contributed by atoms with Crippen LogP contribution in [-0.4, -0.2) is 37.6 Å². The van der Waals surface area contributed by atoms with Gasteiger partial charge in [0.25, 0.3) is 0 Å². The lowest BCUT2D eigenvalue weighted by molar-refractivity contribution is -0.137. The highest BCUT2D eigenvalue weighted by Gasteiger charge is 2.32. The van der Waals surface area contributed by atoms with Gasteiger partial charge in [-0.1, -0.05) is 13.3 Å². The first kappa shape index (κ1) is 13.3. The van der Waals surface area contributed by atoms with Crippen molar-refractivity contribution in [2.75, 3.05) is 19.7 Å². The number of carbonyl (C=O) groups is 1. The first-order valence-corrected chi connectivity index (χ1v) is 5.87. The van der Waals surface area contributed by atoms with E-state index in [9.17, 15) is 4.79 Å². The summed E-state index contributed by atoms with van der Waals surface area (Å²) in [6.07, 6.45) is 2.03. The second-order valence-electron chi connectivity index (χ2n) is 4.44. The summed E-state index contributed by atoms with van der Waals surface area (Å²) in [6, 6.07) is -0.137. The summed E-state index contributed by atoms with van der Waals surface area (Å²) in [5, 5.41) is 5.55. The Kier molecular flexibility index (Phi) is 5.02. The van der Waals surface area contributed by atoms with E-state index < -0.39 is 5.79 Å². The molecule has 16 heavy (non-hydrogen) atoms. The molecule has 1 heterocycles. The number of unbranched alkanes of at least 4 members (excludes halogenated alkanes) is 1. The van der Waals surface area contributed by atoms with Gasteiger partial charge in [0.15, 0.2) is 5.79 Å². The van der Waals surface area contributed by atoms with Crippen LogP contribution in [0, 0.1) is 0 Å². The van der Waals surface area contributed by atoms with Crippen molar-refractivity contribution in [3.05, 3.63) is 0 Å². The molecule has 1 aliphatic rings. The molecular formula is C11H22N2O3. The van der Waals surface area contributed by atoms with E-state index in [4.69, 9.17) is 9.47 Å². The van der Waals surface area contributed by atoms with Crippen molar-refractivity contribution in [3.8, 4) is 0 Å². The summed E-state index contributed by atoms with van der Waals surface area (Å²) in [6.45, 7) is 7.56. The minimum Gasteiger partial charge on any atom is -0.348 e. The van der Waals surface area contributed by atoms with Gasteiger partial charge >= 0.3 is 6.03 Å². The van der Waals surface area contributed by atoms with Crippen LogP contribution in [0.5, 0.6) is 0 Å². The average Bonchev–Trinajstić information content (AvgIpc) is 2.56. The summed E-state index contributed by atoms with van der Waals surface area (Å²) in [5.41, 5.74) is 0. The van der Waals surface area contributed by atoms with Crippen molar-refractivity contribution < 1.29 is 14.3 Å². The molecule has 94 valence electrons. The molecule has 0 spiro atoms. The average molecular weight is 230 g/mol. The van der Waals surface area contributed by atoms with E-state index in [1.807, 2.05) is 13.8 Å². The van der Waals surface area contributed by atoms with Crippen LogP contribution in [0.4, 0.5) is 4.79 Å². The molecule has 1 unspecified atom stereocenters. The molecule has 2 amide bonds. The molecule has 0 aromatic carbocycles. The molecule has 0 aliphatic carbocycles. The molecule has 1 saturated heterocycles. The van der Waals surface area contributed by atoms with E-state index >= 15 is 0 Å². The summed E-state index contributed by atoms with van der Waals surface area (Å²) in [7, 11) is 0. The first-order chi connectivity index (χ1) is 7.53. The molecule has 0 radical (unpaired) electrons. The Morgan fingerprint density at radius 2 is 2.19 bits per heavy atom. The number of amides is 2. The maximum absolute atomic E-state index is 11.3. The number of hydrogen-bond donors (Lipinski definition) is 2. The molecule has 0 aromatic heterocycles. The van der Waals surface area contributed by atoms with E-state index in [1.54, 1.807) is 0 Å². The zero-order valence-corrected chi connectivity index (χ0v) is 10.3. The third-order valence-electron chi connectivity index (χ3n) is 2.37. The van der Waals surface area contributed by atoms with Crippen LogP contribution >= 0.6 is 0 Å². The van der Waals surface area contributed by atoms with Gasteiger partial charge in [0.05, 0.1) is 6.61 Å². The Morgan fingerprint density at radius 1 is 1.44 bits per heavy atom. The highest BCUT2D eigenvalue weighted by Crippen LogP contribution is 2.21. The van der Waals surface area contributed by atoms with Crippen LogP contribution in [0.1, 0.15) is 33.6 Å². The van der Waals surface area contributed by atoms with Gasteiger partial charge in [-0.2, -0.15) is 0 Å². The maximum atomic E-state index is 11.3. The lowest BCUT2D eigenvalue weighted by Gasteiger charge is -2.17. The standard InChI is InChI=1S/C11H22N2O3/c1-4-5-6-12-10(14)13-7-9-8-15-11(2,3)16-9/h9H,4-8H2,1-3H3,(H2,12,13,14). The Balaban J connectivity index is 2.08. The van der Waals surface area contributed by atoms with Crippen LogP contribution in [0.25, 0.3) is 0 Å². The predicted molar refractivity (Wildman–Crippen MR) is 61.2 cm³/mol. The minimum absolute atomic E-state index is 0.0491. The second kappa shape index (κ2) is 6.06. The van der Waals surface area contributed by atoms with Gasteiger partial charge in [0, 0.05) is 13.1 Å². The minimum atomic E-state index is -0.523. The molecule has 1 aliphatic heterocycles. The normalized spacial score (nSPS) is 23.1. The molecule has 2 N–H and O–H groups in total. The fourth-order valence-corrected chi connectivity index (χ4v) is 1.51. The highest BCUT2D eigenvalue weighted by molar-refractivity contribution is 5.73. The van der Waals surface area contributed by atoms with E-state index in [0.29, 0.717) is 13.2 Å². The van der Waals surface area contributed by atoms with Crippen molar-refractivity contribution >= 4 is 6.03 Å². The Hall–Kier alpha value is -0.810. The predicted octanol–water partition coefficient (Wildman–Crippen LogP) is 1.24. The summed E-state index contributed by atoms with van der Waals surface area (Å²) in [4.78, 5) is 11.3. The summed E-state index contributed by atoms with van der Waals surface area (Å²) in [5.74, 6) is -0.523. The number of urea groups is 1. The summed E-state index contributed by atoms with van der Waals surface area (Å²) >= 11 is 0. The zero-order valence-electron chi connectivity index (χ0n) is 10.3. The number of nitrogens with one attached hydrogen (secondary N) is 2. The molecule has 0 bridgehead atoms. The zero-order chi connectivity index (χ0) is 12.0. The second-order valence-corrected chi connectivity index (χ2v) is 4.44. The number of carbonyl (C=O) groups excluding carboxylic acids is 1. The Morgan fingerprint density at radius 3 is 2.75 bits per heavy atom. The fourth-order valence-electron chi connectivity index (χ4n) is 1.51. The largest absolute Gasteiger partial charge is 0.348 e. The van der Waals surface area contributed by atoms with Crippen LogP contribution in [-0.2, 0) is 9.47 Å². The maximum Gasteiger partial charge on any atom is 0.314 e. The SMILES string of the molecule is CCCCNC(=O)NCC1COC(C)(C)O1. The van der Waals surface area contributed by atoms with Crippen LogP contribution in [0.3, 0.4) is 0 Å². The van der Waals surface area contributed by atoms with Gasteiger partial charge < -0.3 is 20.1 Å². The Bertz CT molecular complexity index is 231. The van der Waals surface area contributed by atoms with Crippen molar-refractivity contribution in [2.24, 2.45) is 0 Å². The van der Waals surface area contributed by atoms with E-state index in [2.05, 4.69) is 17.6 Å². The molecule has 1 atom stereocenters. The van der Waals surface area contributed by atoms with Crippen LogP contribution in [0.15, 0.2) is 0 Å². The quantitative estimate of drug-likeness (QED) is 0.698. The van der Waals surface area contributed by atoms with E-state index in [0.717, 1.165) is 19.4 Å². The van der Waals surface area contributed by atoms with Crippen molar-refractivity contribution in [3.63, 3.8) is 0 Å². The topological polar surface area (TPSA) is 59.6 Å². The highest BCUT2D eigenvalue weighted by atomic mass is 16.7. The summed E-state index contributed by atoms with van der Waals surface area (Å²) < 4.78 is 10.9. The van der Waals surface area contributed by atoms with E-state index in [1.165, 1.54) is 0 Å². The lowest BCUT2D eigenvalue weighted by atomic mass is 10.3. The molecular weight excluding hydrogens is 208 g/mol. The van der Waals surface area contributed by atoms with Crippen LogP contribution in [0.2, 0.25) is 0 Å². The lowest BCUT2D eigenvalue weighted by Crippen LogP contribution is -2.41. The van der Waals surface area contributed by atoms with Gasteiger partial charge in [-0.15, -0.1) is 0 Å². The third kappa shape index (κ3) is 4.81. The number of ether oxygens (including phenoxy) is 2. The molecule has 0 aromatic rings. The molecule has 1 rings (SSSR count). The third-order valence-corrected chi connectivity index (χ3v) is 2.37. The smallest absolute Gasteiger partial charge is 0.314 e. The van der Waals surface area contributed by atoms with Crippen LogP contribution < -0.4 is 10.6 Å². The number of rotatable bonds is 5. The van der Waals surface area contributed by atoms with Crippen molar-refractivity contribution in [2.45, 2.75) is 45.5 Å². The Labute approximate surface area is 96.9 Å². The molecule has 1 fully saturated rings. The van der Waals surface area contributed by atoms with Crippen molar-refractivity contribution in [1.82, 2.24) is 10.6 Å². The molecule has 5 nitrogen and oxygen atoms in total. The fraction of sp³-hybridized carbons (Fsp3) is 0.909. The molecule has 5 heteroatoms. The van der Waals surface area contributed by atoms with Gasteiger partial charge in [0.1, 0.15) is 6.10 Å². The van der Waals surface area contributed by atoms with Crippen molar-refractivity contribution in [1.29, 1.82) is 0 Å². The number of hydrogen-bond acceptors (Lipinski definition) is 3.